The van der Waals surface area contributed by atoms with Crippen LogP contribution < -0.4 is 11.1 Å². The topological polar surface area (TPSA) is 98.6 Å². The quantitative estimate of drug-likeness (QED) is 0.606. The average molecular weight is 269 g/mol. The molecule has 19 heavy (non-hydrogen) atoms. The van der Waals surface area contributed by atoms with Crippen LogP contribution in [0.2, 0.25) is 0 Å². The maximum Gasteiger partial charge on any atom is 0.232 e. The highest BCUT2D eigenvalue weighted by Crippen LogP contribution is 2.19. The Morgan fingerprint density at radius 1 is 1.53 bits per heavy atom. The minimum absolute atomic E-state index is 0.101. The molecule has 3 N–H and O–H groups in total. The van der Waals surface area contributed by atoms with Crippen molar-refractivity contribution in [3.05, 3.63) is 11.7 Å². The molecule has 0 saturated carbocycles. The van der Waals surface area contributed by atoms with Gasteiger partial charge in [-0.1, -0.05) is 25.9 Å². The Kier molecular flexibility index (Phi) is 5.29. The summed E-state index contributed by atoms with van der Waals surface area (Å²) in [5.41, 5.74) is 5.58. The zero-order chi connectivity index (χ0) is 14.5. The first-order valence-corrected chi connectivity index (χ1v) is 6.21. The summed E-state index contributed by atoms with van der Waals surface area (Å²) in [6.45, 7) is 8.84. The SMILES string of the molecule is COCC(C)NC(N)=NCc1noc(C(C)(C)C)n1. The van der Waals surface area contributed by atoms with Crippen LogP contribution in [0.3, 0.4) is 0 Å². The summed E-state index contributed by atoms with van der Waals surface area (Å²) in [5, 5.41) is 6.87. The standard InChI is InChI=1S/C12H23N5O2/c1-8(7-18-5)15-11(13)14-6-9-16-10(19-17-9)12(2,3)4/h8H,6-7H2,1-5H3,(H3,13,14,15). The molecule has 0 aliphatic heterocycles. The van der Waals surface area contributed by atoms with Crippen molar-refractivity contribution >= 4 is 5.96 Å². The van der Waals surface area contributed by atoms with Crippen LogP contribution in [-0.4, -0.2) is 35.9 Å². The summed E-state index contributed by atoms with van der Waals surface area (Å²) in [4.78, 5) is 8.43. The molecule has 1 unspecified atom stereocenters. The molecular formula is C12H23N5O2. The smallest absolute Gasteiger partial charge is 0.232 e. The summed E-state index contributed by atoms with van der Waals surface area (Å²) in [7, 11) is 1.64. The van der Waals surface area contributed by atoms with E-state index in [-0.39, 0.29) is 18.0 Å². The van der Waals surface area contributed by atoms with Crippen LogP contribution in [0.1, 0.15) is 39.4 Å². The summed E-state index contributed by atoms with van der Waals surface area (Å²) in [6, 6.07) is 0.101. The Morgan fingerprint density at radius 2 is 2.21 bits per heavy atom. The van der Waals surface area contributed by atoms with Gasteiger partial charge in [-0.25, -0.2) is 4.99 Å². The average Bonchev–Trinajstić information content (AvgIpc) is 2.74. The Bertz CT molecular complexity index is 422. The molecule has 0 fully saturated rings. The van der Waals surface area contributed by atoms with Crippen LogP contribution in [0, 0.1) is 0 Å². The van der Waals surface area contributed by atoms with E-state index in [1.807, 2.05) is 27.7 Å². The number of ether oxygens (including phenoxy) is 1. The molecule has 1 heterocycles. The van der Waals surface area contributed by atoms with Crippen molar-refractivity contribution < 1.29 is 9.26 Å². The van der Waals surface area contributed by atoms with Gasteiger partial charge in [-0.15, -0.1) is 0 Å². The Balaban J connectivity index is 2.53. The maximum absolute atomic E-state index is 5.74. The predicted molar refractivity (Wildman–Crippen MR) is 72.8 cm³/mol. The molecule has 0 radical (unpaired) electrons. The molecule has 1 aromatic heterocycles. The fraction of sp³-hybridized carbons (Fsp3) is 0.750. The van der Waals surface area contributed by atoms with Crippen molar-refractivity contribution in [1.82, 2.24) is 15.5 Å². The Labute approximate surface area is 113 Å². The second-order valence-electron chi connectivity index (χ2n) is 5.47. The molecule has 0 amide bonds. The van der Waals surface area contributed by atoms with Crippen LogP contribution in [0.5, 0.6) is 0 Å². The fourth-order valence-electron chi connectivity index (χ4n) is 1.37. The summed E-state index contributed by atoms with van der Waals surface area (Å²) in [6.07, 6.45) is 0. The molecule has 0 aliphatic carbocycles. The lowest BCUT2D eigenvalue weighted by atomic mass is 9.97. The molecular weight excluding hydrogens is 246 g/mol. The lowest BCUT2D eigenvalue weighted by Gasteiger charge is -2.12. The molecule has 1 rings (SSSR count). The third-order valence-corrected chi connectivity index (χ3v) is 2.31. The second kappa shape index (κ2) is 6.51. The van der Waals surface area contributed by atoms with E-state index < -0.39 is 0 Å². The number of nitrogens with zero attached hydrogens (tertiary/aromatic N) is 3. The van der Waals surface area contributed by atoms with E-state index in [0.717, 1.165) is 0 Å². The van der Waals surface area contributed by atoms with Crippen molar-refractivity contribution in [2.45, 2.75) is 45.7 Å². The van der Waals surface area contributed by atoms with Gasteiger partial charge in [-0.05, 0) is 6.92 Å². The summed E-state index contributed by atoms with van der Waals surface area (Å²) >= 11 is 0. The van der Waals surface area contributed by atoms with E-state index in [9.17, 15) is 0 Å². The minimum atomic E-state index is -0.161. The highest BCUT2D eigenvalue weighted by atomic mass is 16.5. The van der Waals surface area contributed by atoms with Gasteiger partial charge >= 0.3 is 0 Å². The maximum atomic E-state index is 5.74. The number of nitrogens with two attached hydrogens (primary N) is 1. The molecule has 7 heteroatoms. The van der Waals surface area contributed by atoms with Gasteiger partial charge in [-0.3, -0.25) is 0 Å². The van der Waals surface area contributed by atoms with E-state index in [0.29, 0.717) is 24.3 Å². The minimum Gasteiger partial charge on any atom is -0.383 e. The fourth-order valence-corrected chi connectivity index (χ4v) is 1.37. The first-order valence-electron chi connectivity index (χ1n) is 6.21. The molecule has 0 spiro atoms. The number of aliphatic imine (C=N–C) groups is 1. The number of hydrogen-bond donors (Lipinski definition) is 2. The van der Waals surface area contributed by atoms with Crippen molar-refractivity contribution in [3.63, 3.8) is 0 Å². The number of guanidine groups is 1. The lowest BCUT2D eigenvalue weighted by Crippen LogP contribution is -2.40. The van der Waals surface area contributed by atoms with E-state index in [1.165, 1.54) is 0 Å². The summed E-state index contributed by atoms with van der Waals surface area (Å²) < 4.78 is 10.2. The first kappa shape index (κ1) is 15.4. The molecule has 0 aromatic carbocycles. The predicted octanol–water partition coefficient (Wildman–Crippen LogP) is 0.806. The van der Waals surface area contributed by atoms with Crippen LogP contribution in [0.25, 0.3) is 0 Å². The van der Waals surface area contributed by atoms with Crippen molar-refractivity contribution in [2.75, 3.05) is 13.7 Å². The Hall–Kier alpha value is -1.63. The van der Waals surface area contributed by atoms with E-state index in [4.69, 9.17) is 15.0 Å². The molecule has 1 aromatic rings. The number of methoxy groups -OCH3 is 1. The van der Waals surface area contributed by atoms with Gasteiger partial charge < -0.3 is 20.3 Å². The highest BCUT2D eigenvalue weighted by molar-refractivity contribution is 5.78. The van der Waals surface area contributed by atoms with Gasteiger partial charge in [0.2, 0.25) is 5.89 Å². The molecule has 0 saturated heterocycles. The van der Waals surface area contributed by atoms with E-state index in [1.54, 1.807) is 7.11 Å². The van der Waals surface area contributed by atoms with Gasteiger partial charge in [-0.2, -0.15) is 4.98 Å². The number of hydrogen-bond acceptors (Lipinski definition) is 5. The lowest BCUT2D eigenvalue weighted by molar-refractivity contribution is 0.179. The molecule has 0 bridgehead atoms. The van der Waals surface area contributed by atoms with Gasteiger partial charge in [0.1, 0.15) is 6.54 Å². The van der Waals surface area contributed by atoms with Gasteiger partial charge in [0, 0.05) is 18.6 Å². The van der Waals surface area contributed by atoms with Crippen LogP contribution in [-0.2, 0) is 16.7 Å². The van der Waals surface area contributed by atoms with E-state index >= 15 is 0 Å². The van der Waals surface area contributed by atoms with Crippen molar-refractivity contribution in [2.24, 2.45) is 10.7 Å². The van der Waals surface area contributed by atoms with Gasteiger partial charge in [0.15, 0.2) is 11.8 Å². The van der Waals surface area contributed by atoms with Crippen molar-refractivity contribution in [1.29, 1.82) is 0 Å². The Morgan fingerprint density at radius 3 is 2.74 bits per heavy atom. The number of nitrogens with one attached hydrogen (secondary N) is 1. The summed E-state index contributed by atoms with van der Waals surface area (Å²) in [5.74, 6) is 1.46. The zero-order valence-electron chi connectivity index (χ0n) is 12.2. The third kappa shape index (κ3) is 5.25. The van der Waals surface area contributed by atoms with Crippen LogP contribution >= 0.6 is 0 Å². The van der Waals surface area contributed by atoms with Crippen LogP contribution in [0.15, 0.2) is 9.52 Å². The van der Waals surface area contributed by atoms with Crippen molar-refractivity contribution in [3.8, 4) is 0 Å². The normalized spacial score (nSPS) is 14.5. The molecule has 0 aliphatic rings. The first-order chi connectivity index (χ1) is 8.82. The monoisotopic (exact) mass is 269 g/mol. The van der Waals surface area contributed by atoms with Crippen LogP contribution in [0.4, 0.5) is 0 Å². The highest BCUT2D eigenvalue weighted by Gasteiger charge is 2.21. The number of aromatic nitrogens is 2. The molecule has 1 atom stereocenters. The third-order valence-electron chi connectivity index (χ3n) is 2.31. The zero-order valence-corrected chi connectivity index (χ0v) is 12.2. The van der Waals surface area contributed by atoms with Gasteiger partial charge in [0.05, 0.1) is 6.61 Å². The molecule has 108 valence electrons. The van der Waals surface area contributed by atoms with Gasteiger partial charge in [0.25, 0.3) is 0 Å². The number of rotatable bonds is 5. The largest absolute Gasteiger partial charge is 0.383 e. The molecule has 7 nitrogen and oxygen atoms in total. The van der Waals surface area contributed by atoms with E-state index in [2.05, 4.69) is 20.4 Å². The second-order valence-corrected chi connectivity index (χ2v) is 5.47.